The van der Waals surface area contributed by atoms with Gasteiger partial charge in [-0.1, -0.05) is 24.3 Å². The van der Waals surface area contributed by atoms with Crippen molar-refractivity contribution < 1.29 is 9.84 Å². The van der Waals surface area contributed by atoms with Crippen LogP contribution in [0.1, 0.15) is 12.0 Å². The second kappa shape index (κ2) is 5.38. The van der Waals surface area contributed by atoms with Gasteiger partial charge in [-0.05, 0) is 24.1 Å². The van der Waals surface area contributed by atoms with Gasteiger partial charge in [-0.25, -0.2) is 0 Å². The van der Waals surface area contributed by atoms with Gasteiger partial charge in [0.2, 0.25) is 0 Å². The summed E-state index contributed by atoms with van der Waals surface area (Å²) in [4.78, 5) is 0. The van der Waals surface area contributed by atoms with E-state index in [9.17, 15) is 0 Å². The van der Waals surface area contributed by atoms with Crippen molar-refractivity contribution in [3.63, 3.8) is 0 Å². The number of rotatable bonds is 4. The molecule has 0 aromatic heterocycles. The molecule has 1 aromatic carbocycles. The Balaban J connectivity index is 2.66. The molecule has 13 heavy (non-hydrogen) atoms. The molecule has 0 unspecified atom stereocenters. The minimum atomic E-state index is 0.195. The Morgan fingerprint density at radius 2 is 2.31 bits per heavy atom. The molecule has 0 bridgehead atoms. The molecule has 1 N–H and O–H groups in total. The molecule has 1 aromatic rings. The molecule has 0 heterocycles. The van der Waals surface area contributed by atoms with E-state index in [1.807, 2.05) is 36.4 Å². The zero-order chi connectivity index (χ0) is 9.52. The summed E-state index contributed by atoms with van der Waals surface area (Å²) in [5.74, 6) is 0.853. The fourth-order valence-corrected chi connectivity index (χ4v) is 1.04. The summed E-state index contributed by atoms with van der Waals surface area (Å²) in [6, 6.07) is 7.80. The van der Waals surface area contributed by atoms with E-state index in [1.54, 1.807) is 7.11 Å². The Morgan fingerprint density at radius 1 is 1.46 bits per heavy atom. The predicted molar refractivity (Wildman–Crippen MR) is 53.7 cm³/mol. The first-order valence-corrected chi connectivity index (χ1v) is 4.28. The molecule has 0 aliphatic rings. The molecule has 0 aliphatic carbocycles. The lowest BCUT2D eigenvalue weighted by Gasteiger charge is -1.99. The maximum Gasteiger partial charge on any atom is 0.119 e. The fourth-order valence-electron chi connectivity index (χ4n) is 1.04. The van der Waals surface area contributed by atoms with Gasteiger partial charge >= 0.3 is 0 Å². The number of hydrogen-bond donors (Lipinski definition) is 1. The molecule has 0 saturated carbocycles. The van der Waals surface area contributed by atoms with Gasteiger partial charge in [0.1, 0.15) is 5.75 Å². The van der Waals surface area contributed by atoms with Crippen molar-refractivity contribution in [1.29, 1.82) is 0 Å². The molecule has 70 valence electrons. The third-order valence-corrected chi connectivity index (χ3v) is 1.70. The van der Waals surface area contributed by atoms with Gasteiger partial charge in [0.15, 0.2) is 0 Å². The monoisotopic (exact) mass is 178 g/mol. The van der Waals surface area contributed by atoms with Crippen molar-refractivity contribution in [2.45, 2.75) is 6.42 Å². The van der Waals surface area contributed by atoms with E-state index in [1.165, 1.54) is 0 Å². The van der Waals surface area contributed by atoms with Crippen LogP contribution in [0.5, 0.6) is 5.75 Å². The highest BCUT2D eigenvalue weighted by atomic mass is 16.5. The zero-order valence-electron chi connectivity index (χ0n) is 7.73. The van der Waals surface area contributed by atoms with Gasteiger partial charge in [-0.3, -0.25) is 0 Å². The summed E-state index contributed by atoms with van der Waals surface area (Å²) >= 11 is 0. The average Bonchev–Trinajstić information content (AvgIpc) is 2.19. The van der Waals surface area contributed by atoms with E-state index in [0.717, 1.165) is 11.3 Å². The van der Waals surface area contributed by atoms with Gasteiger partial charge in [0.05, 0.1) is 7.11 Å². The van der Waals surface area contributed by atoms with Crippen LogP contribution in [0.15, 0.2) is 30.3 Å². The van der Waals surface area contributed by atoms with Crippen LogP contribution in [0.4, 0.5) is 0 Å². The third kappa shape index (κ3) is 3.30. The van der Waals surface area contributed by atoms with Crippen molar-refractivity contribution in [3.05, 3.63) is 35.9 Å². The van der Waals surface area contributed by atoms with Crippen molar-refractivity contribution in [2.24, 2.45) is 0 Å². The second-order valence-corrected chi connectivity index (χ2v) is 2.69. The van der Waals surface area contributed by atoms with E-state index in [4.69, 9.17) is 9.84 Å². The van der Waals surface area contributed by atoms with Crippen LogP contribution in [0.25, 0.3) is 6.08 Å². The Hall–Kier alpha value is -1.28. The lowest BCUT2D eigenvalue weighted by Crippen LogP contribution is -1.82. The molecule has 2 heteroatoms. The van der Waals surface area contributed by atoms with Crippen molar-refractivity contribution in [3.8, 4) is 5.75 Å². The van der Waals surface area contributed by atoms with Crippen molar-refractivity contribution >= 4 is 6.08 Å². The summed E-state index contributed by atoms with van der Waals surface area (Å²) in [5.41, 5.74) is 1.09. The standard InChI is InChI=1S/C11H14O2/c1-13-11-7-4-6-10(9-11)5-2-3-8-12/h2,4-7,9,12H,3,8H2,1H3. The number of aliphatic hydroxyl groups excluding tert-OH is 1. The highest BCUT2D eigenvalue weighted by Gasteiger charge is 1.90. The van der Waals surface area contributed by atoms with Gasteiger partial charge in [-0.2, -0.15) is 0 Å². The zero-order valence-corrected chi connectivity index (χ0v) is 7.73. The Labute approximate surface area is 78.5 Å². The highest BCUT2D eigenvalue weighted by Crippen LogP contribution is 2.13. The molecule has 0 fully saturated rings. The molecule has 0 saturated heterocycles. The lowest BCUT2D eigenvalue weighted by atomic mass is 10.2. The van der Waals surface area contributed by atoms with Crippen LogP contribution in [0.3, 0.4) is 0 Å². The Kier molecular flexibility index (Phi) is 4.06. The summed E-state index contributed by atoms with van der Waals surface area (Å²) in [5, 5.41) is 8.57. The SMILES string of the molecule is COc1cccc(C=CCCO)c1. The van der Waals surface area contributed by atoms with Gasteiger partial charge in [0.25, 0.3) is 0 Å². The first kappa shape index (κ1) is 9.81. The molecule has 0 radical (unpaired) electrons. The van der Waals surface area contributed by atoms with Gasteiger partial charge in [0, 0.05) is 6.61 Å². The number of benzene rings is 1. The quantitative estimate of drug-likeness (QED) is 0.765. The van der Waals surface area contributed by atoms with Gasteiger partial charge in [-0.15, -0.1) is 0 Å². The minimum Gasteiger partial charge on any atom is -0.497 e. The second-order valence-electron chi connectivity index (χ2n) is 2.69. The molecule has 0 aliphatic heterocycles. The first-order valence-electron chi connectivity index (χ1n) is 4.28. The van der Waals surface area contributed by atoms with E-state index >= 15 is 0 Å². The van der Waals surface area contributed by atoms with E-state index < -0.39 is 0 Å². The van der Waals surface area contributed by atoms with Crippen LogP contribution in [0, 0.1) is 0 Å². The molecule has 0 amide bonds. The minimum absolute atomic E-state index is 0.195. The summed E-state index contributed by atoms with van der Waals surface area (Å²) in [7, 11) is 1.65. The average molecular weight is 178 g/mol. The molecular formula is C11H14O2. The van der Waals surface area contributed by atoms with Crippen LogP contribution in [-0.2, 0) is 0 Å². The molecule has 0 atom stereocenters. The Bertz CT molecular complexity index is 279. The van der Waals surface area contributed by atoms with E-state index in [2.05, 4.69) is 0 Å². The predicted octanol–water partition coefficient (Wildman–Crippen LogP) is 2.09. The number of hydrogen-bond acceptors (Lipinski definition) is 2. The Morgan fingerprint density at radius 3 is 3.00 bits per heavy atom. The van der Waals surface area contributed by atoms with E-state index in [0.29, 0.717) is 6.42 Å². The van der Waals surface area contributed by atoms with Crippen LogP contribution in [0.2, 0.25) is 0 Å². The van der Waals surface area contributed by atoms with E-state index in [-0.39, 0.29) is 6.61 Å². The number of aliphatic hydroxyl groups is 1. The first-order chi connectivity index (χ1) is 6.36. The third-order valence-electron chi connectivity index (χ3n) is 1.70. The summed E-state index contributed by atoms with van der Waals surface area (Å²) in [6.07, 6.45) is 4.60. The maximum absolute atomic E-state index is 8.57. The maximum atomic E-state index is 8.57. The fraction of sp³-hybridized carbons (Fsp3) is 0.273. The smallest absolute Gasteiger partial charge is 0.119 e. The molecule has 2 nitrogen and oxygen atoms in total. The normalized spacial score (nSPS) is 10.6. The van der Waals surface area contributed by atoms with Crippen molar-refractivity contribution in [2.75, 3.05) is 13.7 Å². The van der Waals surface area contributed by atoms with Crippen LogP contribution in [-0.4, -0.2) is 18.8 Å². The van der Waals surface area contributed by atoms with Crippen LogP contribution < -0.4 is 4.74 Å². The summed E-state index contributed by atoms with van der Waals surface area (Å²) in [6.45, 7) is 0.195. The van der Waals surface area contributed by atoms with Crippen LogP contribution >= 0.6 is 0 Å². The molecular weight excluding hydrogens is 164 g/mol. The van der Waals surface area contributed by atoms with Crippen molar-refractivity contribution in [1.82, 2.24) is 0 Å². The number of ether oxygens (including phenoxy) is 1. The lowest BCUT2D eigenvalue weighted by molar-refractivity contribution is 0.303. The molecule has 1 rings (SSSR count). The topological polar surface area (TPSA) is 29.5 Å². The molecule has 0 spiro atoms. The van der Waals surface area contributed by atoms with Gasteiger partial charge < -0.3 is 9.84 Å². The largest absolute Gasteiger partial charge is 0.497 e. The highest BCUT2D eigenvalue weighted by molar-refractivity contribution is 5.51. The number of methoxy groups -OCH3 is 1. The summed E-state index contributed by atoms with van der Waals surface area (Å²) < 4.78 is 5.08.